The quantitative estimate of drug-likeness (QED) is 0.167. The van der Waals surface area contributed by atoms with Gasteiger partial charge in [0.05, 0.1) is 29.4 Å². The molecule has 1 aromatic carbocycles. The maximum Gasteiger partial charge on any atom is 0.276 e. The highest BCUT2D eigenvalue weighted by Crippen LogP contribution is 2.41. The number of nitrogens with one attached hydrogen (secondary N) is 2. The molecule has 3 saturated heterocycles. The van der Waals surface area contributed by atoms with Gasteiger partial charge in [-0.3, -0.25) is 43.8 Å². The third kappa shape index (κ3) is 8.10. The van der Waals surface area contributed by atoms with Gasteiger partial charge >= 0.3 is 0 Å². The lowest BCUT2D eigenvalue weighted by Crippen LogP contribution is -2.58. The van der Waals surface area contributed by atoms with Crippen molar-refractivity contribution in [3.05, 3.63) is 110 Å². The molecule has 6 aromatic rings. The maximum absolute atomic E-state index is 14.0. The Morgan fingerprint density at radius 3 is 2.39 bits per heavy atom. The summed E-state index contributed by atoms with van der Waals surface area (Å²) in [6.07, 6.45) is 9.63. The number of aromatic nitrogens is 6. The molecule has 9 heterocycles. The molecule has 1 unspecified atom stereocenters. The fourth-order valence-corrected chi connectivity index (χ4v) is 12.3. The van der Waals surface area contributed by atoms with Crippen LogP contribution >= 0.6 is 0 Å². The second kappa shape index (κ2) is 17.7. The molecule has 4 aliphatic heterocycles. The first-order valence-electron chi connectivity index (χ1n) is 25.0. The molecular formula is C53H62N12O6. The van der Waals surface area contributed by atoms with E-state index in [1.807, 2.05) is 42.6 Å². The molecule has 0 spiro atoms. The van der Waals surface area contributed by atoms with Gasteiger partial charge in [0.15, 0.2) is 0 Å². The van der Waals surface area contributed by atoms with Crippen LogP contribution in [0.25, 0.3) is 22.0 Å². The summed E-state index contributed by atoms with van der Waals surface area (Å²) in [6.45, 7) is 13.3. The van der Waals surface area contributed by atoms with Crippen LogP contribution in [-0.4, -0.2) is 107 Å². The van der Waals surface area contributed by atoms with Crippen molar-refractivity contribution in [2.24, 2.45) is 19.5 Å². The first kappa shape index (κ1) is 46.3. The van der Waals surface area contributed by atoms with Crippen LogP contribution in [-0.2, 0) is 49.7 Å². The van der Waals surface area contributed by atoms with Crippen LogP contribution in [0.3, 0.4) is 0 Å². The number of pyridine rings is 3. The Morgan fingerprint density at radius 2 is 1.65 bits per heavy atom. The zero-order chi connectivity index (χ0) is 49.6. The Bertz CT molecular complexity index is 3260. The van der Waals surface area contributed by atoms with Crippen molar-refractivity contribution in [3.63, 3.8) is 0 Å². The van der Waals surface area contributed by atoms with Crippen LogP contribution in [0.15, 0.2) is 76.7 Å². The van der Waals surface area contributed by atoms with Crippen molar-refractivity contribution in [1.82, 2.24) is 38.7 Å². The highest BCUT2D eigenvalue weighted by molar-refractivity contribution is 6.06. The largest absolute Gasteiger partial charge is 0.392 e. The smallest absolute Gasteiger partial charge is 0.276 e. The highest BCUT2D eigenvalue weighted by Gasteiger charge is 2.39. The summed E-state index contributed by atoms with van der Waals surface area (Å²) in [5.41, 5.74) is 7.89. The molecule has 5 aliphatic rings. The maximum atomic E-state index is 14.0. The number of carbonyl (C=O) groups excluding carboxylic acids is 3. The number of aliphatic hydroxyl groups excluding tert-OH is 1. The number of rotatable bonds is 9. The Kier molecular flexibility index (Phi) is 11.5. The fraction of sp³-hybridized carbons (Fsp3) is 0.453. The van der Waals surface area contributed by atoms with Gasteiger partial charge in [-0.25, -0.2) is 14.6 Å². The average Bonchev–Trinajstić information content (AvgIpc) is 3.94. The minimum atomic E-state index is -0.723. The minimum Gasteiger partial charge on any atom is -0.392 e. The number of hydrogen-bond donors (Lipinski definition) is 3. The van der Waals surface area contributed by atoms with Crippen LogP contribution in [0.2, 0.25) is 0 Å². The van der Waals surface area contributed by atoms with E-state index in [0.29, 0.717) is 70.6 Å². The number of imide groups is 1. The summed E-state index contributed by atoms with van der Waals surface area (Å²) < 4.78 is 6.92. The van der Waals surface area contributed by atoms with Gasteiger partial charge in [-0.1, -0.05) is 13.8 Å². The van der Waals surface area contributed by atoms with Gasteiger partial charge in [0.1, 0.15) is 29.1 Å². The van der Waals surface area contributed by atoms with Crippen LogP contribution < -0.4 is 36.5 Å². The Balaban J connectivity index is 0.735. The summed E-state index contributed by atoms with van der Waals surface area (Å²) in [4.78, 5) is 84.0. The lowest BCUT2D eigenvalue weighted by Gasteiger charge is -2.48. The van der Waals surface area contributed by atoms with E-state index in [9.17, 15) is 29.1 Å². The average molecular weight is 963 g/mol. The Hall–Kier alpha value is -7.05. The van der Waals surface area contributed by atoms with Gasteiger partial charge in [-0.05, 0) is 111 Å². The van der Waals surface area contributed by atoms with E-state index in [0.717, 1.165) is 68.8 Å². The van der Waals surface area contributed by atoms with E-state index in [1.54, 1.807) is 42.1 Å². The summed E-state index contributed by atoms with van der Waals surface area (Å²) in [5, 5.41) is 17.0. The van der Waals surface area contributed by atoms with Crippen LogP contribution in [0.4, 0.5) is 28.7 Å². The predicted octanol–water partition coefficient (Wildman–Crippen LogP) is 4.86. The normalized spacial score (nSPS) is 22.5. The monoisotopic (exact) mass is 962 g/mol. The van der Waals surface area contributed by atoms with Crippen LogP contribution in [0.1, 0.15) is 86.7 Å². The minimum absolute atomic E-state index is 0.130. The molecule has 3 N–H and O–H groups in total. The van der Waals surface area contributed by atoms with E-state index in [1.165, 1.54) is 20.5 Å². The topological polar surface area (TPSA) is 188 Å². The highest BCUT2D eigenvalue weighted by atomic mass is 16.3. The number of hydrogen-bond acceptors (Lipinski definition) is 12. The van der Waals surface area contributed by atoms with E-state index in [4.69, 9.17) is 4.98 Å². The summed E-state index contributed by atoms with van der Waals surface area (Å²) in [6, 6.07) is 15.7. The third-order valence-electron chi connectivity index (χ3n) is 15.9. The van der Waals surface area contributed by atoms with Gasteiger partial charge in [-0.15, -0.1) is 0 Å². The zero-order valence-electron chi connectivity index (χ0n) is 41.3. The van der Waals surface area contributed by atoms with Crippen molar-refractivity contribution in [2.75, 3.05) is 52.7 Å². The summed E-state index contributed by atoms with van der Waals surface area (Å²) in [5.74, 6) is 0.0643. The van der Waals surface area contributed by atoms with Gasteiger partial charge in [0, 0.05) is 113 Å². The standard InChI is InChI=1S/C53H62N12O6/c1-31-21-35(14-16-61(31)36-7-9-39-43(24-36)59(6)65(50(39)69)42-10-12-47(67)57-49(42)68)60-17-18-62(32(2)28-60)37-8-11-46(55-27-37)56-41-22-34(29-58(5)51(41)70)38-13-15-54-48(40(38)30-66)64-20-19-63-44(52(64)71)23-33-25-53(3,4)26-45(33)63/h7-9,11,13,15,22-24,27,29,31-32,35,42,66H,10,12,14,16-21,25-26,28,30H2,1-6H3,(H,55,56)(H,57,67,68)/t31-,32-,35-,42?/m0/s1. The molecule has 4 atom stereocenters. The second-order valence-electron chi connectivity index (χ2n) is 21.1. The van der Waals surface area contributed by atoms with Crippen LogP contribution in [0, 0.1) is 5.41 Å². The Labute approximate surface area is 411 Å². The molecule has 0 radical (unpaired) electrons. The molecule has 0 bridgehead atoms. The third-order valence-corrected chi connectivity index (χ3v) is 15.9. The van der Waals surface area contributed by atoms with E-state index in [-0.39, 0.29) is 53.5 Å². The molecule has 370 valence electrons. The molecular weight excluding hydrogens is 901 g/mol. The van der Waals surface area contributed by atoms with Gasteiger partial charge in [0.25, 0.3) is 22.9 Å². The van der Waals surface area contributed by atoms with Gasteiger partial charge in [-0.2, -0.15) is 0 Å². The second-order valence-corrected chi connectivity index (χ2v) is 21.1. The number of piperazine rings is 1. The molecule has 5 aromatic heterocycles. The number of anilines is 5. The lowest BCUT2D eigenvalue weighted by molar-refractivity contribution is -0.136. The molecule has 71 heavy (non-hydrogen) atoms. The number of nitrogens with zero attached hydrogens (tertiary/aromatic N) is 10. The van der Waals surface area contributed by atoms with Crippen molar-refractivity contribution >= 4 is 57.3 Å². The van der Waals surface area contributed by atoms with Gasteiger partial charge in [0.2, 0.25) is 5.91 Å². The summed E-state index contributed by atoms with van der Waals surface area (Å²) >= 11 is 0. The fourth-order valence-electron chi connectivity index (χ4n) is 12.3. The number of benzene rings is 1. The number of amides is 3. The van der Waals surface area contributed by atoms with E-state index < -0.39 is 11.9 Å². The van der Waals surface area contributed by atoms with Crippen LogP contribution in [0.5, 0.6) is 0 Å². The van der Waals surface area contributed by atoms with Crippen molar-refractivity contribution < 1.29 is 19.5 Å². The predicted molar refractivity (Wildman–Crippen MR) is 272 cm³/mol. The first-order valence-corrected chi connectivity index (χ1v) is 25.0. The number of carbonyl (C=O) groups is 3. The number of fused-ring (bicyclic) bond motifs is 4. The van der Waals surface area contributed by atoms with E-state index in [2.05, 4.69) is 68.6 Å². The first-order chi connectivity index (χ1) is 34.1. The number of aryl methyl sites for hydroxylation is 2. The van der Waals surface area contributed by atoms with Crippen molar-refractivity contribution in [3.8, 4) is 11.1 Å². The Morgan fingerprint density at radius 1 is 0.845 bits per heavy atom. The zero-order valence-corrected chi connectivity index (χ0v) is 41.3. The molecule has 11 rings (SSSR count). The van der Waals surface area contributed by atoms with Crippen molar-refractivity contribution in [2.45, 2.75) is 104 Å². The SMILES string of the molecule is C[C@H]1C[C@@H](N2CCN(c3ccc(Nc4cc(-c5ccnc(N6CCn7c(cc8c7CC(C)(C)C8)C6=O)c5CO)cn(C)c4=O)nc3)[C@@H](C)C2)CCN1c1ccc2c(=O)n(C3CCC(=O)NC3=O)n(C)c2c1. The molecule has 18 heteroatoms. The van der Waals surface area contributed by atoms with Gasteiger partial charge < -0.3 is 29.4 Å². The molecule has 3 fully saturated rings. The molecule has 1 aliphatic carbocycles. The van der Waals surface area contributed by atoms with Crippen molar-refractivity contribution in [1.29, 1.82) is 0 Å². The molecule has 18 nitrogen and oxygen atoms in total. The van der Waals surface area contributed by atoms with E-state index >= 15 is 0 Å². The molecule has 3 amide bonds. The summed E-state index contributed by atoms with van der Waals surface area (Å²) in [7, 11) is 3.50. The number of piperidine rings is 2. The lowest BCUT2D eigenvalue weighted by atomic mass is 9.90. The molecule has 0 saturated carbocycles. The number of aliphatic hydroxyl groups is 1.